The first kappa shape index (κ1) is 13.9. The van der Waals surface area contributed by atoms with Crippen molar-refractivity contribution in [2.45, 2.75) is 38.8 Å². The molecule has 2 aliphatic rings. The molecule has 1 aromatic carbocycles. The molecule has 1 aromatic rings. The number of ether oxygens (including phenoxy) is 1. The van der Waals surface area contributed by atoms with Crippen molar-refractivity contribution in [3.8, 4) is 0 Å². The largest absolute Gasteiger partial charge is 0.381 e. The van der Waals surface area contributed by atoms with E-state index in [2.05, 4.69) is 48.3 Å². The summed E-state index contributed by atoms with van der Waals surface area (Å²) in [6.45, 7) is 8.48. The molecule has 20 heavy (non-hydrogen) atoms. The molecule has 2 heterocycles. The van der Waals surface area contributed by atoms with Crippen molar-refractivity contribution in [3.63, 3.8) is 0 Å². The van der Waals surface area contributed by atoms with Crippen LogP contribution >= 0.6 is 0 Å². The Hall–Kier alpha value is -1.06. The first-order valence-electron chi connectivity index (χ1n) is 7.95. The summed E-state index contributed by atoms with van der Waals surface area (Å²) < 4.78 is 5.73. The van der Waals surface area contributed by atoms with Crippen LogP contribution in [0, 0.1) is 5.92 Å². The molecule has 1 N–H and O–H groups in total. The molecule has 3 nitrogen and oxygen atoms in total. The van der Waals surface area contributed by atoms with Crippen LogP contribution in [0.2, 0.25) is 0 Å². The van der Waals surface area contributed by atoms with Crippen molar-refractivity contribution in [2.24, 2.45) is 5.92 Å². The molecule has 3 rings (SSSR count). The highest BCUT2D eigenvalue weighted by Gasteiger charge is 2.32. The van der Waals surface area contributed by atoms with E-state index in [0.29, 0.717) is 18.0 Å². The lowest BCUT2D eigenvalue weighted by atomic mass is 9.94. The minimum Gasteiger partial charge on any atom is -0.381 e. The Morgan fingerprint density at radius 1 is 1.35 bits per heavy atom. The average Bonchev–Trinajstić information content (AvgIpc) is 2.78. The first-order valence-corrected chi connectivity index (χ1v) is 7.95. The molecule has 1 saturated heterocycles. The topological polar surface area (TPSA) is 24.5 Å². The molecule has 1 fully saturated rings. The Morgan fingerprint density at radius 3 is 3.05 bits per heavy atom. The number of rotatable bonds is 4. The Balaban J connectivity index is 1.73. The average molecular weight is 274 g/mol. The number of para-hydroxylation sites is 1. The summed E-state index contributed by atoms with van der Waals surface area (Å²) >= 11 is 0. The van der Waals surface area contributed by atoms with Gasteiger partial charge in [0.2, 0.25) is 0 Å². The minimum absolute atomic E-state index is 0.595. The molecule has 0 amide bonds. The normalized spacial score (nSPS) is 29.5. The van der Waals surface area contributed by atoms with Gasteiger partial charge in [0.25, 0.3) is 0 Å². The van der Waals surface area contributed by atoms with Crippen molar-refractivity contribution in [2.75, 3.05) is 31.2 Å². The molecule has 0 saturated carbocycles. The number of hydrogen-bond acceptors (Lipinski definition) is 3. The Labute approximate surface area is 122 Å². The minimum atomic E-state index is 0.595. The maximum absolute atomic E-state index is 5.73. The second kappa shape index (κ2) is 6.15. The SMILES string of the molecule is CCNC1CCOCC1CN1c2ccccc2CC1C. The van der Waals surface area contributed by atoms with E-state index in [0.717, 1.165) is 32.7 Å². The zero-order chi connectivity index (χ0) is 13.9. The Bertz CT molecular complexity index is 446. The highest BCUT2D eigenvalue weighted by Crippen LogP contribution is 2.33. The second-order valence-corrected chi connectivity index (χ2v) is 6.12. The third-order valence-electron chi connectivity index (χ3n) is 4.72. The summed E-state index contributed by atoms with van der Waals surface area (Å²) in [7, 11) is 0. The van der Waals surface area contributed by atoms with E-state index in [9.17, 15) is 0 Å². The predicted octanol–water partition coefficient (Wildman–Crippen LogP) is 2.45. The van der Waals surface area contributed by atoms with Crippen LogP contribution in [0.1, 0.15) is 25.8 Å². The highest BCUT2D eigenvalue weighted by molar-refractivity contribution is 5.59. The van der Waals surface area contributed by atoms with Gasteiger partial charge in [0.1, 0.15) is 0 Å². The van der Waals surface area contributed by atoms with Gasteiger partial charge in [0.05, 0.1) is 6.61 Å². The fraction of sp³-hybridized carbons (Fsp3) is 0.647. The number of fused-ring (bicyclic) bond motifs is 1. The molecule has 2 aliphatic heterocycles. The van der Waals surface area contributed by atoms with Crippen LogP contribution in [0.15, 0.2) is 24.3 Å². The van der Waals surface area contributed by atoms with Crippen molar-refractivity contribution < 1.29 is 4.74 Å². The fourth-order valence-electron chi connectivity index (χ4n) is 3.67. The monoisotopic (exact) mass is 274 g/mol. The number of anilines is 1. The number of benzene rings is 1. The smallest absolute Gasteiger partial charge is 0.0526 e. The van der Waals surface area contributed by atoms with Crippen LogP contribution < -0.4 is 10.2 Å². The van der Waals surface area contributed by atoms with Gasteiger partial charge < -0.3 is 15.0 Å². The molecule has 3 unspecified atom stereocenters. The van der Waals surface area contributed by atoms with E-state index in [1.807, 2.05) is 0 Å². The fourth-order valence-corrected chi connectivity index (χ4v) is 3.67. The third kappa shape index (κ3) is 2.70. The zero-order valence-electron chi connectivity index (χ0n) is 12.6. The molecule has 0 aliphatic carbocycles. The van der Waals surface area contributed by atoms with Gasteiger partial charge in [-0.1, -0.05) is 25.1 Å². The van der Waals surface area contributed by atoms with Gasteiger partial charge in [-0.15, -0.1) is 0 Å². The van der Waals surface area contributed by atoms with E-state index in [1.165, 1.54) is 17.7 Å². The molecule has 0 bridgehead atoms. The standard InChI is InChI=1S/C17H26N2O/c1-3-18-16-8-9-20-12-15(16)11-19-13(2)10-14-6-4-5-7-17(14)19/h4-7,13,15-16,18H,3,8-12H2,1-2H3. The van der Waals surface area contributed by atoms with Gasteiger partial charge in [-0.05, 0) is 37.9 Å². The second-order valence-electron chi connectivity index (χ2n) is 6.12. The lowest BCUT2D eigenvalue weighted by molar-refractivity contribution is 0.0348. The van der Waals surface area contributed by atoms with Gasteiger partial charge in [0.15, 0.2) is 0 Å². The zero-order valence-corrected chi connectivity index (χ0v) is 12.6. The van der Waals surface area contributed by atoms with E-state index < -0.39 is 0 Å². The van der Waals surface area contributed by atoms with Gasteiger partial charge in [-0.2, -0.15) is 0 Å². The van der Waals surface area contributed by atoms with Crippen LogP contribution in [0.5, 0.6) is 0 Å². The Morgan fingerprint density at radius 2 is 2.20 bits per heavy atom. The number of hydrogen-bond donors (Lipinski definition) is 1. The van der Waals surface area contributed by atoms with Crippen LogP contribution in [-0.4, -0.2) is 38.4 Å². The van der Waals surface area contributed by atoms with Crippen LogP contribution in [0.3, 0.4) is 0 Å². The van der Waals surface area contributed by atoms with Crippen molar-refractivity contribution in [3.05, 3.63) is 29.8 Å². The molecular formula is C17H26N2O. The molecule has 3 atom stereocenters. The summed E-state index contributed by atoms with van der Waals surface area (Å²) in [5, 5.41) is 3.64. The summed E-state index contributed by atoms with van der Waals surface area (Å²) in [5.41, 5.74) is 2.93. The van der Waals surface area contributed by atoms with E-state index in [4.69, 9.17) is 4.74 Å². The summed E-state index contributed by atoms with van der Waals surface area (Å²) in [5.74, 6) is 0.595. The molecule has 0 aromatic heterocycles. The number of nitrogens with one attached hydrogen (secondary N) is 1. The van der Waals surface area contributed by atoms with E-state index in [-0.39, 0.29) is 0 Å². The molecular weight excluding hydrogens is 248 g/mol. The van der Waals surface area contributed by atoms with E-state index in [1.54, 1.807) is 0 Å². The lowest BCUT2D eigenvalue weighted by Gasteiger charge is -2.37. The van der Waals surface area contributed by atoms with Crippen molar-refractivity contribution in [1.82, 2.24) is 5.32 Å². The Kier molecular flexibility index (Phi) is 4.27. The molecule has 0 spiro atoms. The van der Waals surface area contributed by atoms with Gasteiger partial charge in [-0.3, -0.25) is 0 Å². The van der Waals surface area contributed by atoms with Gasteiger partial charge in [0, 0.05) is 36.8 Å². The van der Waals surface area contributed by atoms with Crippen LogP contribution in [0.4, 0.5) is 5.69 Å². The number of nitrogens with zero attached hydrogens (tertiary/aromatic N) is 1. The molecule has 0 radical (unpaired) electrons. The maximum Gasteiger partial charge on any atom is 0.0526 e. The van der Waals surface area contributed by atoms with Crippen molar-refractivity contribution in [1.29, 1.82) is 0 Å². The molecule has 3 heteroatoms. The molecule has 110 valence electrons. The maximum atomic E-state index is 5.73. The summed E-state index contributed by atoms with van der Waals surface area (Å²) in [6, 6.07) is 10.1. The van der Waals surface area contributed by atoms with Gasteiger partial charge in [-0.25, -0.2) is 0 Å². The van der Waals surface area contributed by atoms with Crippen molar-refractivity contribution >= 4 is 5.69 Å². The van der Waals surface area contributed by atoms with E-state index >= 15 is 0 Å². The third-order valence-corrected chi connectivity index (χ3v) is 4.72. The lowest BCUT2D eigenvalue weighted by Crippen LogP contribution is -2.48. The highest BCUT2D eigenvalue weighted by atomic mass is 16.5. The van der Waals surface area contributed by atoms with Crippen LogP contribution in [-0.2, 0) is 11.2 Å². The predicted molar refractivity (Wildman–Crippen MR) is 83.3 cm³/mol. The quantitative estimate of drug-likeness (QED) is 0.913. The van der Waals surface area contributed by atoms with Crippen LogP contribution in [0.25, 0.3) is 0 Å². The van der Waals surface area contributed by atoms with Gasteiger partial charge >= 0.3 is 0 Å². The first-order chi connectivity index (χ1) is 9.79. The summed E-state index contributed by atoms with van der Waals surface area (Å²) in [4.78, 5) is 2.58. The summed E-state index contributed by atoms with van der Waals surface area (Å²) in [6.07, 6.45) is 2.32.